The molecule has 8 nitrogen and oxygen atoms in total. The Hall–Kier alpha value is -4.75. The number of nitriles is 1. The molecule has 10 heteroatoms. The highest BCUT2D eigenvalue weighted by Gasteiger charge is 2.36. The van der Waals surface area contributed by atoms with Crippen LogP contribution in [-0.4, -0.2) is 36.4 Å². The molecule has 3 heterocycles. The van der Waals surface area contributed by atoms with Crippen molar-refractivity contribution in [1.82, 2.24) is 19.7 Å². The highest BCUT2D eigenvalue weighted by atomic mass is 19.2. The Morgan fingerprint density at radius 3 is 2.48 bits per heavy atom. The summed E-state index contributed by atoms with van der Waals surface area (Å²) in [6, 6.07) is 12.7. The smallest absolute Gasteiger partial charge is 0.260 e. The summed E-state index contributed by atoms with van der Waals surface area (Å²) in [5, 5.41) is 28.3. The second-order valence-electron chi connectivity index (χ2n) is 13.3. The molecule has 0 spiro atoms. The van der Waals surface area contributed by atoms with Gasteiger partial charge in [-0.15, -0.1) is 10.2 Å². The Morgan fingerprint density at radius 2 is 1.85 bits per heavy atom. The third-order valence-corrected chi connectivity index (χ3v) is 9.25. The van der Waals surface area contributed by atoms with Gasteiger partial charge in [-0.1, -0.05) is 38.0 Å². The van der Waals surface area contributed by atoms with Crippen LogP contribution in [0.15, 0.2) is 54.4 Å². The molecule has 4 aromatic rings. The Morgan fingerprint density at radius 1 is 1.10 bits per heavy atom. The van der Waals surface area contributed by atoms with Gasteiger partial charge in [0.2, 0.25) is 0 Å². The maximum atomic E-state index is 15.5. The Labute approximate surface area is 279 Å². The average Bonchev–Trinajstić information content (AvgIpc) is 3.75. The summed E-state index contributed by atoms with van der Waals surface area (Å²) in [7, 11) is 1.82. The third kappa shape index (κ3) is 6.52. The SMILES string of the molecule is C/C(=C/Cc1cc2c(c(F)c1F)CN(c1cc(-c3ccc(C#N)cc3-c3nncn3C)cc(C3CC3)n1)C2=O)CC1(O)CCC1.CCC. The molecule has 1 aliphatic heterocycles. The maximum Gasteiger partial charge on any atom is 0.260 e. The number of pyridine rings is 1. The lowest BCUT2D eigenvalue weighted by molar-refractivity contribution is -0.0322. The van der Waals surface area contributed by atoms with Crippen molar-refractivity contribution in [2.75, 3.05) is 4.90 Å². The zero-order chi connectivity index (χ0) is 34.2. The van der Waals surface area contributed by atoms with Crippen LogP contribution >= 0.6 is 0 Å². The van der Waals surface area contributed by atoms with Crippen LogP contribution in [-0.2, 0) is 20.0 Å². The molecule has 2 aromatic heterocycles. The van der Waals surface area contributed by atoms with Gasteiger partial charge >= 0.3 is 0 Å². The molecule has 2 fully saturated rings. The van der Waals surface area contributed by atoms with Crippen LogP contribution in [0, 0.1) is 23.0 Å². The number of aliphatic hydroxyl groups is 1. The highest BCUT2D eigenvalue weighted by Crippen LogP contribution is 2.43. The number of aromatic nitrogens is 4. The molecule has 248 valence electrons. The molecule has 0 atom stereocenters. The van der Waals surface area contributed by atoms with Gasteiger partial charge in [0.05, 0.1) is 23.8 Å². The molecule has 0 saturated heterocycles. The van der Waals surface area contributed by atoms with Crippen LogP contribution in [0.3, 0.4) is 0 Å². The molecule has 1 amide bonds. The monoisotopic (exact) mass is 650 g/mol. The van der Waals surface area contributed by atoms with Gasteiger partial charge in [0.15, 0.2) is 17.5 Å². The van der Waals surface area contributed by atoms with Crippen LogP contribution < -0.4 is 4.90 Å². The van der Waals surface area contributed by atoms with Gasteiger partial charge in [0, 0.05) is 35.3 Å². The number of aryl methyl sites for hydroxylation is 1. The van der Waals surface area contributed by atoms with Gasteiger partial charge in [-0.3, -0.25) is 9.69 Å². The van der Waals surface area contributed by atoms with E-state index in [1.807, 2.05) is 26.1 Å². The zero-order valence-corrected chi connectivity index (χ0v) is 27.9. The van der Waals surface area contributed by atoms with Crippen LogP contribution in [0.25, 0.3) is 22.5 Å². The lowest BCUT2D eigenvalue weighted by atomic mass is 9.76. The lowest BCUT2D eigenvalue weighted by Gasteiger charge is -2.37. The molecule has 2 saturated carbocycles. The van der Waals surface area contributed by atoms with Crippen molar-refractivity contribution >= 4 is 11.7 Å². The molecule has 0 bridgehead atoms. The van der Waals surface area contributed by atoms with E-state index in [1.54, 1.807) is 35.2 Å². The number of carbonyl (C=O) groups excluding carboxylic acids is 1. The van der Waals surface area contributed by atoms with Gasteiger partial charge in [-0.2, -0.15) is 5.26 Å². The number of amides is 1. The molecule has 3 aliphatic rings. The van der Waals surface area contributed by atoms with E-state index in [1.165, 1.54) is 17.4 Å². The van der Waals surface area contributed by atoms with E-state index in [0.29, 0.717) is 29.2 Å². The summed E-state index contributed by atoms with van der Waals surface area (Å²) < 4.78 is 32.5. The van der Waals surface area contributed by atoms with Gasteiger partial charge in [-0.05, 0) is 98.9 Å². The topological polar surface area (TPSA) is 108 Å². The van der Waals surface area contributed by atoms with E-state index in [-0.39, 0.29) is 35.6 Å². The molecular formula is C38H40F2N6O2. The quantitative estimate of drug-likeness (QED) is 0.194. The average molecular weight is 651 g/mol. The Bertz CT molecular complexity index is 1950. The summed E-state index contributed by atoms with van der Waals surface area (Å²) in [5.74, 6) is -1.23. The van der Waals surface area contributed by atoms with Crippen molar-refractivity contribution < 1.29 is 18.7 Å². The number of hydrogen-bond acceptors (Lipinski definition) is 6. The molecule has 7 rings (SSSR count). The van der Waals surface area contributed by atoms with Gasteiger partial charge in [0.25, 0.3) is 5.91 Å². The maximum absolute atomic E-state index is 15.5. The van der Waals surface area contributed by atoms with E-state index < -0.39 is 23.1 Å². The van der Waals surface area contributed by atoms with Crippen LogP contribution in [0.5, 0.6) is 0 Å². The summed E-state index contributed by atoms with van der Waals surface area (Å²) >= 11 is 0. The molecule has 48 heavy (non-hydrogen) atoms. The number of nitrogens with zero attached hydrogens (tertiary/aromatic N) is 6. The first-order valence-electron chi connectivity index (χ1n) is 16.7. The summed E-state index contributed by atoms with van der Waals surface area (Å²) in [6.45, 7) is 5.99. The van der Waals surface area contributed by atoms with Crippen LogP contribution in [0.2, 0.25) is 0 Å². The molecule has 2 aromatic carbocycles. The van der Waals surface area contributed by atoms with Gasteiger partial charge in [0.1, 0.15) is 12.1 Å². The number of anilines is 1. The number of benzene rings is 2. The lowest BCUT2D eigenvalue weighted by Crippen LogP contribution is -2.36. The summed E-state index contributed by atoms with van der Waals surface area (Å²) in [5.41, 5.74) is 4.00. The summed E-state index contributed by atoms with van der Waals surface area (Å²) in [4.78, 5) is 20.0. The van der Waals surface area contributed by atoms with E-state index >= 15 is 8.78 Å². The predicted octanol–water partition coefficient (Wildman–Crippen LogP) is 7.94. The zero-order valence-electron chi connectivity index (χ0n) is 27.9. The highest BCUT2D eigenvalue weighted by molar-refractivity contribution is 6.10. The first-order valence-corrected chi connectivity index (χ1v) is 16.7. The number of fused-ring (bicyclic) bond motifs is 1. The fourth-order valence-electron chi connectivity index (χ4n) is 6.40. The van der Waals surface area contributed by atoms with Crippen molar-refractivity contribution in [3.05, 3.63) is 94.0 Å². The van der Waals surface area contributed by atoms with E-state index in [9.17, 15) is 15.2 Å². The number of rotatable bonds is 8. The van der Waals surface area contributed by atoms with Gasteiger partial charge < -0.3 is 9.67 Å². The summed E-state index contributed by atoms with van der Waals surface area (Å²) in [6.07, 6.45) is 9.68. The van der Waals surface area contributed by atoms with E-state index in [4.69, 9.17) is 4.98 Å². The largest absolute Gasteiger partial charge is 0.390 e. The minimum Gasteiger partial charge on any atom is -0.390 e. The standard InChI is InChI=1S/C35H32F2N6O2.C3H8/c1-20(16-35(45)10-3-11-35)4-6-23-13-27-28(32(37)31(23)36)18-43(34(27)44)30-15-24(14-29(40-30)22-7-8-22)25-9-5-21(17-38)12-26(25)33-41-39-19-42(33)2;1-3-2/h4-5,9,12-15,19,22,45H,3,6-8,10-11,16,18H2,1-2H3;3H2,1-2H3/b20-4-;. The first-order chi connectivity index (χ1) is 23.1. The van der Waals surface area contributed by atoms with E-state index in [2.05, 4.69) is 30.1 Å². The molecule has 2 aliphatic carbocycles. The fraction of sp³-hybridized carbons (Fsp3) is 0.395. The van der Waals surface area contributed by atoms with Crippen LogP contribution in [0.4, 0.5) is 14.6 Å². The molecule has 1 N–H and O–H groups in total. The van der Waals surface area contributed by atoms with Crippen molar-refractivity contribution in [2.24, 2.45) is 7.05 Å². The molecular weight excluding hydrogens is 610 g/mol. The predicted molar refractivity (Wildman–Crippen MR) is 180 cm³/mol. The number of hydrogen-bond donors (Lipinski definition) is 1. The number of allylic oxidation sites excluding steroid dienone is 1. The second kappa shape index (κ2) is 13.4. The Balaban J connectivity index is 0.00000129. The first kappa shape index (κ1) is 33.2. The van der Waals surface area contributed by atoms with Crippen molar-refractivity contribution in [3.8, 4) is 28.6 Å². The van der Waals surface area contributed by atoms with Crippen molar-refractivity contribution in [1.29, 1.82) is 5.26 Å². The minimum absolute atomic E-state index is 0.0176. The van der Waals surface area contributed by atoms with E-state index in [0.717, 1.165) is 54.5 Å². The Kier molecular flexibility index (Phi) is 9.26. The molecule has 0 radical (unpaired) electrons. The van der Waals surface area contributed by atoms with Crippen molar-refractivity contribution in [3.63, 3.8) is 0 Å². The second-order valence-corrected chi connectivity index (χ2v) is 13.3. The molecule has 0 unspecified atom stereocenters. The van der Waals surface area contributed by atoms with Gasteiger partial charge in [-0.25, -0.2) is 13.8 Å². The van der Waals surface area contributed by atoms with Crippen molar-refractivity contribution in [2.45, 2.75) is 90.2 Å². The third-order valence-electron chi connectivity index (χ3n) is 9.25. The normalized spacial score (nSPS) is 16.6. The number of halogens is 2. The van der Waals surface area contributed by atoms with Crippen LogP contribution in [0.1, 0.15) is 104 Å². The minimum atomic E-state index is -1.02. The number of carbonyl (C=O) groups is 1. The fourth-order valence-corrected chi connectivity index (χ4v) is 6.40.